The number of aliphatic hydroxyl groups excluding tert-OH is 1. The SMILES string of the molecule is COC(=O)C(O)c1cc(C)cc(F)c1O. The molecule has 2 N–H and O–H groups in total. The van der Waals surface area contributed by atoms with Crippen molar-refractivity contribution in [2.45, 2.75) is 13.0 Å². The Bertz CT molecular complexity index is 389. The van der Waals surface area contributed by atoms with Crippen LogP contribution in [-0.4, -0.2) is 23.3 Å². The predicted molar refractivity (Wildman–Crippen MR) is 49.8 cm³/mol. The third-order valence-electron chi connectivity index (χ3n) is 1.96. The molecule has 0 aliphatic carbocycles. The molecule has 0 heterocycles. The lowest BCUT2D eigenvalue weighted by atomic mass is 10.0. The van der Waals surface area contributed by atoms with Crippen LogP contribution in [-0.2, 0) is 9.53 Å². The summed E-state index contributed by atoms with van der Waals surface area (Å²) in [6, 6.07) is 2.42. The molecular formula is C10H11FO4. The van der Waals surface area contributed by atoms with E-state index in [9.17, 15) is 19.4 Å². The number of hydrogen-bond acceptors (Lipinski definition) is 4. The van der Waals surface area contributed by atoms with E-state index < -0.39 is 23.6 Å². The number of carbonyl (C=O) groups excluding carboxylic acids is 1. The molecule has 0 bridgehead atoms. The summed E-state index contributed by atoms with van der Waals surface area (Å²) in [6.07, 6.45) is -1.68. The van der Waals surface area contributed by atoms with Gasteiger partial charge >= 0.3 is 5.97 Å². The van der Waals surface area contributed by atoms with Gasteiger partial charge in [-0.25, -0.2) is 9.18 Å². The monoisotopic (exact) mass is 214 g/mol. The second kappa shape index (κ2) is 4.27. The summed E-state index contributed by atoms with van der Waals surface area (Å²) in [4.78, 5) is 11.0. The highest BCUT2D eigenvalue weighted by Crippen LogP contribution is 2.28. The van der Waals surface area contributed by atoms with Crippen LogP contribution >= 0.6 is 0 Å². The number of benzene rings is 1. The lowest BCUT2D eigenvalue weighted by Gasteiger charge is -2.11. The molecule has 15 heavy (non-hydrogen) atoms. The summed E-state index contributed by atoms with van der Waals surface area (Å²) in [7, 11) is 1.09. The number of halogens is 1. The second-order valence-corrected chi connectivity index (χ2v) is 3.11. The van der Waals surface area contributed by atoms with Crippen molar-refractivity contribution in [3.63, 3.8) is 0 Å². The Morgan fingerprint density at radius 3 is 2.67 bits per heavy atom. The normalized spacial score (nSPS) is 12.3. The van der Waals surface area contributed by atoms with E-state index in [1.54, 1.807) is 6.92 Å². The third-order valence-corrected chi connectivity index (χ3v) is 1.96. The number of phenols is 1. The van der Waals surface area contributed by atoms with Gasteiger partial charge in [0, 0.05) is 5.56 Å². The van der Waals surface area contributed by atoms with Gasteiger partial charge < -0.3 is 14.9 Å². The minimum atomic E-state index is -1.68. The van der Waals surface area contributed by atoms with Crippen molar-refractivity contribution in [3.8, 4) is 5.75 Å². The van der Waals surface area contributed by atoms with Crippen LogP contribution in [0.1, 0.15) is 17.2 Å². The summed E-state index contributed by atoms with van der Waals surface area (Å²) in [5, 5.41) is 18.7. The van der Waals surface area contributed by atoms with Gasteiger partial charge in [-0.1, -0.05) is 0 Å². The number of esters is 1. The van der Waals surface area contributed by atoms with Gasteiger partial charge in [-0.05, 0) is 24.6 Å². The number of aryl methyl sites for hydroxylation is 1. The zero-order valence-electron chi connectivity index (χ0n) is 8.32. The van der Waals surface area contributed by atoms with Gasteiger partial charge in [0.25, 0.3) is 0 Å². The van der Waals surface area contributed by atoms with Crippen molar-refractivity contribution in [3.05, 3.63) is 29.1 Å². The molecule has 1 aromatic carbocycles. The van der Waals surface area contributed by atoms with E-state index in [1.807, 2.05) is 0 Å². The van der Waals surface area contributed by atoms with Crippen LogP contribution < -0.4 is 0 Å². The quantitative estimate of drug-likeness (QED) is 0.722. The first kappa shape index (κ1) is 11.5. The van der Waals surface area contributed by atoms with Gasteiger partial charge in [0.2, 0.25) is 0 Å². The summed E-state index contributed by atoms with van der Waals surface area (Å²) < 4.78 is 17.3. The molecule has 0 radical (unpaired) electrons. The van der Waals surface area contributed by atoms with E-state index in [0.29, 0.717) is 5.56 Å². The molecule has 1 rings (SSSR count). The first-order valence-electron chi connectivity index (χ1n) is 4.22. The first-order valence-corrected chi connectivity index (χ1v) is 4.22. The van der Waals surface area contributed by atoms with Crippen LogP contribution in [0.15, 0.2) is 12.1 Å². The topological polar surface area (TPSA) is 66.8 Å². The van der Waals surface area contributed by atoms with E-state index in [0.717, 1.165) is 13.2 Å². The Balaban J connectivity index is 3.19. The third kappa shape index (κ3) is 2.24. The van der Waals surface area contributed by atoms with E-state index in [2.05, 4.69) is 4.74 Å². The van der Waals surface area contributed by atoms with Crippen molar-refractivity contribution < 1.29 is 24.1 Å². The molecule has 0 saturated heterocycles. The fourth-order valence-corrected chi connectivity index (χ4v) is 1.21. The molecule has 0 amide bonds. The van der Waals surface area contributed by atoms with Gasteiger partial charge in [0.05, 0.1) is 7.11 Å². The minimum absolute atomic E-state index is 0.195. The lowest BCUT2D eigenvalue weighted by Crippen LogP contribution is -2.14. The van der Waals surface area contributed by atoms with E-state index in [-0.39, 0.29) is 5.56 Å². The number of carbonyl (C=O) groups is 1. The average molecular weight is 214 g/mol. The molecule has 0 aromatic heterocycles. The molecular weight excluding hydrogens is 203 g/mol. The van der Waals surface area contributed by atoms with Crippen molar-refractivity contribution in [2.24, 2.45) is 0 Å². The van der Waals surface area contributed by atoms with Gasteiger partial charge in [-0.15, -0.1) is 0 Å². The number of aromatic hydroxyl groups is 1. The molecule has 1 atom stereocenters. The zero-order chi connectivity index (χ0) is 11.6. The maximum Gasteiger partial charge on any atom is 0.339 e. The van der Waals surface area contributed by atoms with Crippen LogP contribution in [0.3, 0.4) is 0 Å². The number of aliphatic hydroxyl groups is 1. The van der Waals surface area contributed by atoms with E-state index in [4.69, 9.17) is 0 Å². The Hall–Kier alpha value is -1.62. The Labute approximate surface area is 85.9 Å². The number of hydrogen-bond donors (Lipinski definition) is 2. The number of rotatable bonds is 2. The van der Waals surface area contributed by atoms with Crippen LogP contribution in [0, 0.1) is 12.7 Å². The smallest absolute Gasteiger partial charge is 0.339 e. The fourth-order valence-electron chi connectivity index (χ4n) is 1.21. The fraction of sp³-hybridized carbons (Fsp3) is 0.300. The standard InChI is InChI=1S/C10H11FO4/c1-5-3-6(8(12)7(11)4-5)9(13)10(14)15-2/h3-4,9,12-13H,1-2H3. The van der Waals surface area contributed by atoms with Crippen LogP contribution in [0.4, 0.5) is 4.39 Å². The highest BCUT2D eigenvalue weighted by molar-refractivity contribution is 5.77. The summed E-state index contributed by atoms with van der Waals surface area (Å²) >= 11 is 0. The molecule has 0 aliphatic rings. The Kier molecular flexibility index (Phi) is 3.26. The highest BCUT2D eigenvalue weighted by atomic mass is 19.1. The maximum absolute atomic E-state index is 13.1. The van der Waals surface area contributed by atoms with Gasteiger partial charge in [-0.2, -0.15) is 0 Å². The van der Waals surface area contributed by atoms with Gasteiger partial charge in [0.15, 0.2) is 17.7 Å². The van der Waals surface area contributed by atoms with Gasteiger partial charge in [-0.3, -0.25) is 0 Å². The number of ether oxygens (including phenoxy) is 1. The predicted octanol–water partition coefficient (Wildman–Crippen LogP) is 1.05. The van der Waals surface area contributed by atoms with Gasteiger partial charge in [0.1, 0.15) is 0 Å². The zero-order valence-corrected chi connectivity index (χ0v) is 8.32. The van der Waals surface area contributed by atoms with Crippen molar-refractivity contribution in [2.75, 3.05) is 7.11 Å². The molecule has 0 aliphatic heterocycles. The first-order chi connectivity index (χ1) is 6.97. The molecule has 82 valence electrons. The summed E-state index contributed by atoms with van der Waals surface area (Å²) in [6.45, 7) is 1.58. The molecule has 4 nitrogen and oxygen atoms in total. The van der Waals surface area contributed by atoms with Crippen molar-refractivity contribution in [1.82, 2.24) is 0 Å². The van der Waals surface area contributed by atoms with E-state index >= 15 is 0 Å². The second-order valence-electron chi connectivity index (χ2n) is 3.11. The lowest BCUT2D eigenvalue weighted by molar-refractivity contribution is -0.150. The van der Waals surface area contributed by atoms with Crippen LogP contribution in [0.5, 0.6) is 5.75 Å². The van der Waals surface area contributed by atoms with Crippen molar-refractivity contribution >= 4 is 5.97 Å². The van der Waals surface area contributed by atoms with E-state index in [1.165, 1.54) is 6.07 Å². The number of methoxy groups -OCH3 is 1. The molecule has 5 heteroatoms. The maximum atomic E-state index is 13.1. The summed E-state index contributed by atoms with van der Waals surface area (Å²) in [5.41, 5.74) is 0.294. The minimum Gasteiger partial charge on any atom is -0.505 e. The average Bonchev–Trinajstić information content (AvgIpc) is 2.21. The molecule has 1 unspecified atom stereocenters. The highest BCUT2D eigenvalue weighted by Gasteiger charge is 2.23. The Morgan fingerprint density at radius 2 is 2.13 bits per heavy atom. The van der Waals surface area contributed by atoms with Crippen LogP contribution in [0.25, 0.3) is 0 Å². The molecule has 0 saturated carbocycles. The molecule has 0 spiro atoms. The number of phenolic OH excluding ortho intramolecular Hbond substituents is 1. The Morgan fingerprint density at radius 1 is 1.53 bits per heavy atom. The molecule has 1 aromatic rings. The molecule has 0 fully saturated rings. The summed E-state index contributed by atoms with van der Waals surface area (Å²) in [5.74, 6) is -2.57. The van der Waals surface area contributed by atoms with Crippen molar-refractivity contribution in [1.29, 1.82) is 0 Å². The largest absolute Gasteiger partial charge is 0.505 e. The van der Waals surface area contributed by atoms with Crippen LogP contribution in [0.2, 0.25) is 0 Å².